The van der Waals surface area contributed by atoms with Gasteiger partial charge in [-0.25, -0.2) is 5.43 Å². The van der Waals surface area contributed by atoms with Crippen LogP contribution in [0, 0.1) is 20.8 Å². The molecule has 1 aromatic heterocycles. The van der Waals surface area contributed by atoms with Crippen LogP contribution < -0.4 is 15.6 Å². The molecule has 137 valence electrons. The van der Waals surface area contributed by atoms with E-state index in [1.54, 1.807) is 6.21 Å². The van der Waals surface area contributed by atoms with Gasteiger partial charge in [-0.1, -0.05) is 42.1 Å². The first-order chi connectivity index (χ1) is 13.0. The number of aryl methyl sites for hydroxylation is 3. The van der Waals surface area contributed by atoms with Gasteiger partial charge in [0, 0.05) is 5.52 Å². The van der Waals surface area contributed by atoms with Gasteiger partial charge in [0.25, 0.3) is 5.91 Å². The summed E-state index contributed by atoms with van der Waals surface area (Å²) in [6.45, 7) is 7.92. The van der Waals surface area contributed by atoms with Crippen LogP contribution >= 0.6 is 0 Å². The van der Waals surface area contributed by atoms with Crippen molar-refractivity contribution in [2.45, 2.75) is 27.6 Å². The fourth-order valence-corrected chi connectivity index (χ4v) is 3.23. The molecule has 1 heterocycles. The minimum Gasteiger partial charge on any atom is -0.483 e. The lowest BCUT2D eigenvalue weighted by molar-refractivity contribution is -0.123. The van der Waals surface area contributed by atoms with E-state index >= 15 is 0 Å². The molecule has 3 rings (SSSR count). The number of benzene rings is 2. The Morgan fingerprint density at radius 3 is 2.67 bits per heavy atom. The van der Waals surface area contributed by atoms with E-state index in [2.05, 4.69) is 22.8 Å². The van der Waals surface area contributed by atoms with Crippen LogP contribution in [0.15, 0.2) is 41.6 Å². The van der Waals surface area contributed by atoms with Crippen molar-refractivity contribution in [3.63, 3.8) is 0 Å². The number of fused-ring (bicyclic) bond motifs is 1. The van der Waals surface area contributed by atoms with E-state index in [1.165, 1.54) is 11.0 Å². The van der Waals surface area contributed by atoms with Crippen LogP contribution in [0.1, 0.15) is 22.3 Å². The van der Waals surface area contributed by atoms with Gasteiger partial charge in [-0.2, -0.15) is 5.10 Å². The predicted molar refractivity (Wildman–Crippen MR) is 111 cm³/mol. The van der Waals surface area contributed by atoms with E-state index in [1.807, 2.05) is 64.1 Å². The fraction of sp³-hybridized carbons (Fsp3) is 0.238. The Morgan fingerprint density at radius 2 is 1.96 bits per heavy atom. The number of aromatic nitrogens is 1. The van der Waals surface area contributed by atoms with Gasteiger partial charge in [0.1, 0.15) is 5.75 Å². The Hall–Kier alpha value is -3.02. The minimum atomic E-state index is -0.297. The van der Waals surface area contributed by atoms with E-state index in [0.29, 0.717) is 0 Å². The third-order valence-corrected chi connectivity index (χ3v) is 4.40. The summed E-state index contributed by atoms with van der Waals surface area (Å²) in [5.74, 6) is 0.454. The zero-order chi connectivity index (χ0) is 19.4. The number of hydrogen-bond donors (Lipinski definition) is 2. The standard InChI is InChI=1S/C21H23BN3O2/c1-13-7-14(2)21(15(3)8-13)27-12-20(26)25-24-10-16-5-6-17-18(22-4)11-23-19(17)9-16/h5-11,23H,12H2,1-4H3,(H,25,26). The van der Waals surface area contributed by atoms with Gasteiger partial charge in [0.15, 0.2) is 13.9 Å². The SMILES string of the molecule is C[B]c1c[nH]c2cc(C=NNC(=O)COc3c(C)cc(C)cc3C)ccc12. The first-order valence-electron chi connectivity index (χ1n) is 8.91. The number of hydrogen-bond acceptors (Lipinski definition) is 3. The second-order valence-electron chi connectivity index (χ2n) is 6.65. The number of carbonyl (C=O) groups is 1. The van der Waals surface area contributed by atoms with Crippen molar-refractivity contribution in [3.05, 3.63) is 58.8 Å². The molecule has 3 aromatic rings. The lowest BCUT2D eigenvalue weighted by Gasteiger charge is -2.12. The largest absolute Gasteiger partial charge is 0.483 e. The molecule has 1 radical (unpaired) electrons. The highest BCUT2D eigenvalue weighted by Crippen LogP contribution is 2.24. The molecule has 27 heavy (non-hydrogen) atoms. The summed E-state index contributed by atoms with van der Waals surface area (Å²) >= 11 is 0. The van der Waals surface area contributed by atoms with Gasteiger partial charge in [-0.05, 0) is 55.1 Å². The molecule has 0 atom stereocenters. The summed E-state index contributed by atoms with van der Waals surface area (Å²) in [5, 5.41) is 5.18. The fourth-order valence-electron chi connectivity index (χ4n) is 3.23. The van der Waals surface area contributed by atoms with E-state index in [9.17, 15) is 4.79 Å². The molecular weight excluding hydrogens is 337 g/mol. The Balaban J connectivity index is 1.57. The van der Waals surface area contributed by atoms with Crippen LogP contribution in [0.2, 0.25) is 6.82 Å². The van der Waals surface area contributed by atoms with Crippen LogP contribution in [-0.4, -0.2) is 31.0 Å². The molecule has 1 amide bonds. The Bertz CT molecular complexity index is 985. The van der Waals surface area contributed by atoms with E-state index in [4.69, 9.17) is 4.74 Å². The maximum absolute atomic E-state index is 12.0. The van der Waals surface area contributed by atoms with Gasteiger partial charge in [-0.15, -0.1) is 0 Å². The van der Waals surface area contributed by atoms with E-state index in [-0.39, 0.29) is 12.5 Å². The zero-order valence-electron chi connectivity index (χ0n) is 16.1. The zero-order valence-corrected chi connectivity index (χ0v) is 16.1. The molecule has 0 saturated heterocycles. The molecule has 0 aliphatic rings. The number of ether oxygens (including phenoxy) is 1. The highest BCUT2D eigenvalue weighted by Gasteiger charge is 2.08. The summed E-state index contributed by atoms with van der Waals surface area (Å²) in [6, 6.07) is 10.1. The summed E-state index contributed by atoms with van der Waals surface area (Å²) in [6.07, 6.45) is 3.59. The molecule has 2 aromatic carbocycles. The topological polar surface area (TPSA) is 66.5 Å². The van der Waals surface area contributed by atoms with Crippen molar-refractivity contribution < 1.29 is 9.53 Å². The first-order valence-corrected chi connectivity index (χ1v) is 8.91. The monoisotopic (exact) mass is 360 g/mol. The van der Waals surface area contributed by atoms with E-state index in [0.717, 1.165) is 33.3 Å². The number of nitrogens with zero attached hydrogens (tertiary/aromatic N) is 1. The maximum atomic E-state index is 12.0. The van der Waals surface area contributed by atoms with Crippen molar-refractivity contribution in [2.24, 2.45) is 5.10 Å². The van der Waals surface area contributed by atoms with Crippen LogP contribution in [-0.2, 0) is 4.79 Å². The van der Waals surface area contributed by atoms with Crippen molar-refractivity contribution in [1.82, 2.24) is 10.4 Å². The lowest BCUT2D eigenvalue weighted by Crippen LogP contribution is -2.25. The van der Waals surface area contributed by atoms with Crippen molar-refractivity contribution >= 4 is 35.8 Å². The van der Waals surface area contributed by atoms with Gasteiger partial charge < -0.3 is 9.72 Å². The number of carbonyl (C=O) groups excluding carboxylic acids is 1. The van der Waals surface area contributed by atoms with Crippen LogP contribution in [0.4, 0.5) is 0 Å². The third-order valence-electron chi connectivity index (χ3n) is 4.40. The second-order valence-corrected chi connectivity index (χ2v) is 6.65. The van der Waals surface area contributed by atoms with Crippen molar-refractivity contribution in [1.29, 1.82) is 0 Å². The van der Waals surface area contributed by atoms with Gasteiger partial charge in [-0.3, -0.25) is 4.79 Å². The summed E-state index contributed by atoms with van der Waals surface area (Å²) in [7, 11) is 2.06. The van der Waals surface area contributed by atoms with Crippen LogP contribution in [0.25, 0.3) is 10.9 Å². The lowest BCUT2D eigenvalue weighted by atomic mass is 9.73. The summed E-state index contributed by atoms with van der Waals surface area (Å²) in [5.41, 5.74) is 8.82. The Morgan fingerprint density at radius 1 is 1.22 bits per heavy atom. The van der Waals surface area contributed by atoms with Gasteiger partial charge >= 0.3 is 0 Å². The van der Waals surface area contributed by atoms with Crippen molar-refractivity contribution in [2.75, 3.05) is 6.61 Å². The van der Waals surface area contributed by atoms with Gasteiger partial charge in [0.2, 0.25) is 0 Å². The maximum Gasteiger partial charge on any atom is 0.277 e. The number of rotatable bonds is 6. The Kier molecular flexibility index (Phi) is 5.64. The number of nitrogens with one attached hydrogen (secondary N) is 2. The van der Waals surface area contributed by atoms with Crippen LogP contribution in [0.5, 0.6) is 5.75 Å². The average Bonchev–Trinajstić information content (AvgIpc) is 3.03. The third kappa shape index (κ3) is 4.40. The smallest absolute Gasteiger partial charge is 0.277 e. The molecule has 0 unspecified atom stereocenters. The van der Waals surface area contributed by atoms with Crippen LogP contribution in [0.3, 0.4) is 0 Å². The highest BCUT2D eigenvalue weighted by molar-refractivity contribution is 6.55. The molecule has 0 aliphatic heterocycles. The van der Waals surface area contributed by atoms with E-state index < -0.39 is 0 Å². The highest BCUT2D eigenvalue weighted by atomic mass is 16.5. The summed E-state index contributed by atoms with van der Waals surface area (Å²) < 4.78 is 5.67. The molecule has 0 spiro atoms. The molecular formula is C21H23BN3O2. The number of aromatic amines is 1. The Labute approximate surface area is 160 Å². The predicted octanol–water partition coefficient (Wildman–Crippen LogP) is 3.00. The first kappa shape index (κ1) is 18.8. The van der Waals surface area contributed by atoms with Gasteiger partial charge in [0.05, 0.1) is 6.21 Å². The normalized spacial score (nSPS) is 11.1. The molecule has 0 aliphatic carbocycles. The molecule has 5 nitrogen and oxygen atoms in total. The van der Waals surface area contributed by atoms with Crippen molar-refractivity contribution in [3.8, 4) is 5.75 Å². The number of H-pyrrole nitrogens is 1. The number of hydrazone groups is 1. The average molecular weight is 360 g/mol. The second kappa shape index (κ2) is 8.12. The molecule has 6 heteroatoms. The number of amides is 1. The molecule has 0 fully saturated rings. The summed E-state index contributed by atoms with van der Waals surface area (Å²) in [4.78, 5) is 15.2. The molecule has 0 saturated carbocycles. The molecule has 2 N–H and O–H groups in total. The minimum absolute atomic E-state index is 0.0760. The quantitative estimate of drug-likeness (QED) is 0.403. The molecule has 0 bridgehead atoms.